The Morgan fingerprint density at radius 1 is 1.09 bits per heavy atom. The Hall–Kier alpha value is -3.55. The third-order valence-electron chi connectivity index (χ3n) is 4.59. The molecule has 3 N–H and O–H groups in total. The average molecular weight is 469 g/mol. The van der Waals surface area contributed by atoms with Crippen molar-refractivity contribution in [2.24, 2.45) is 0 Å². The Morgan fingerprint density at radius 3 is 2.72 bits per heavy atom. The van der Waals surface area contributed by atoms with Gasteiger partial charge in [0, 0.05) is 10.6 Å². The predicted molar refractivity (Wildman–Crippen MR) is 125 cm³/mol. The van der Waals surface area contributed by atoms with E-state index in [-0.39, 0.29) is 5.56 Å². The molecule has 2 aromatic heterocycles. The van der Waals surface area contributed by atoms with Crippen LogP contribution in [-0.2, 0) is 6.54 Å². The SMILES string of the molecule is Cc1cnc(NCc2ccc(-c3cc(Cl)ccc3Cl)o2)c(Nc2ccccc2C(=O)O)n1. The maximum atomic E-state index is 11.5. The molecule has 0 radical (unpaired) electrons. The molecule has 0 aliphatic heterocycles. The van der Waals surface area contributed by atoms with Crippen molar-refractivity contribution in [3.63, 3.8) is 0 Å². The number of hydrogen-bond donors (Lipinski definition) is 3. The number of furan rings is 1. The molecule has 0 aliphatic carbocycles. The van der Waals surface area contributed by atoms with Gasteiger partial charge in [-0.25, -0.2) is 14.8 Å². The lowest BCUT2D eigenvalue weighted by Crippen LogP contribution is -2.09. The number of carboxylic acids is 1. The molecule has 2 aromatic carbocycles. The highest BCUT2D eigenvalue weighted by atomic mass is 35.5. The summed E-state index contributed by atoms with van der Waals surface area (Å²) in [5.74, 6) is 1.07. The number of aromatic nitrogens is 2. The minimum Gasteiger partial charge on any atom is -0.478 e. The van der Waals surface area contributed by atoms with Gasteiger partial charge < -0.3 is 20.2 Å². The van der Waals surface area contributed by atoms with Crippen LogP contribution in [0.2, 0.25) is 10.0 Å². The molecule has 162 valence electrons. The van der Waals surface area contributed by atoms with Crippen LogP contribution >= 0.6 is 23.2 Å². The number of rotatable bonds is 7. The molecule has 0 spiro atoms. The van der Waals surface area contributed by atoms with Crippen molar-refractivity contribution in [3.8, 4) is 11.3 Å². The molecule has 0 fully saturated rings. The van der Waals surface area contributed by atoms with Gasteiger partial charge in [-0.3, -0.25) is 0 Å². The van der Waals surface area contributed by atoms with E-state index in [4.69, 9.17) is 27.6 Å². The van der Waals surface area contributed by atoms with Gasteiger partial charge in [0.2, 0.25) is 0 Å². The molecule has 9 heteroatoms. The molecule has 7 nitrogen and oxygen atoms in total. The summed E-state index contributed by atoms with van der Waals surface area (Å²) >= 11 is 12.3. The number of nitrogens with zero attached hydrogens (tertiary/aromatic N) is 2. The number of aromatic carboxylic acids is 1. The number of hydrogen-bond acceptors (Lipinski definition) is 6. The molecule has 0 saturated heterocycles. The monoisotopic (exact) mass is 468 g/mol. The summed E-state index contributed by atoms with van der Waals surface area (Å²) < 4.78 is 5.91. The Bertz CT molecular complexity index is 1290. The third kappa shape index (κ3) is 4.85. The van der Waals surface area contributed by atoms with E-state index in [1.807, 2.05) is 12.1 Å². The molecule has 4 aromatic rings. The van der Waals surface area contributed by atoms with Crippen molar-refractivity contribution in [2.45, 2.75) is 13.5 Å². The van der Waals surface area contributed by atoms with Crippen molar-refractivity contribution in [1.82, 2.24) is 9.97 Å². The largest absolute Gasteiger partial charge is 0.478 e. The second-order valence-corrected chi connectivity index (χ2v) is 7.77. The fraction of sp³-hybridized carbons (Fsp3) is 0.0870. The molecular weight excluding hydrogens is 451 g/mol. The summed E-state index contributed by atoms with van der Waals surface area (Å²) in [6.45, 7) is 2.13. The van der Waals surface area contributed by atoms with Gasteiger partial charge in [-0.2, -0.15) is 0 Å². The van der Waals surface area contributed by atoms with Gasteiger partial charge in [0.15, 0.2) is 11.6 Å². The van der Waals surface area contributed by atoms with E-state index >= 15 is 0 Å². The smallest absolute Gasteiger partial charge is 0.337 e. The quantitative estimate of drug-likeness (QED) is 0.288. The molecule has 0 aliphatic rings. The first-order valence-corrected chi connectivity index (χ1v) is 10.4. The molecule has 0 bridgehead atoms. The van der Waals surface area contributed by atoms with Crippen LogP contribution in [0.4, 0.5) is 17.3 Å². The van der Waals surface area contributed by atoms with E-state index in [2.05, 4.69) is 20.6 Å². The lowest BCUT2D eigenvalue weighted by atomic mass is 10.2. The third-order valence-corrected chi connectivity index (χ3v) is 5.15. The number of benzene rings is 2. The maximum Gasteiger partial charge on any atom is 0.337 e. The highest BCUT2D eigenvalue weighted by molar-refractivity contribution is 6.35. The Kier molecular flexibility index (Phi) is 6.30. The van der Waals surface area contributed by atoms with Gasteiger partial charge in [-0.15, -0.1) is 0 Å². The van der Waals surface area contributed by atoms with Crippen LogP contribution in [0.15, 0.2) is 65.2 Å². The van der Waals surface area contributed by atoms with E-state index < -0.39 is 5.97 Å². The first-order valence-electron chi connectivity index (χ1n) is 9.61. The summed E-state index contributed by atoms with van der Waals surface area (Å²) in [6.07, 6.45) is 1.62. The Morgan fingerprint density at radius 2 is 1.91 bits per heavy atom. The fourth-order valence-corrected chi connectivity index (χ4v) is 3.46. The van der Waals surface area contributed by atoms with Crippen LogP contribution in [0.25, 0.3) is 11.3 Å². The number of carboxylic acid groups (broad SMARTS) is 1. The van der Waals surface area contributed by atoms with Gasteiger partial charge in [-0.1, -0.05) is 35.3 Å². The van der Waals surface area contributed by atoms with Gasteiger partial charge in [-0.05, 0) is 49.4 Å². The van der Waals surface area contributed by atoms with Crippen molar-refractivity contribution < 1.29 is 14.3 Å². The lowest BCUT2D eigenvalue weighted by molar-refractivity contribution is 0.0698. The molecule has 32 heavy (non-hydrogen) atoms. The molecule has 0 saturated carbocycles. The number of aryl methyl sites for hydroxylation is 1. The zero-order valence-electron chi connectivity index (χ0n) is 16.9. The predicted octanol–water partition coefficient (Wildman–Crippen LogP) is 6.41. The van der Waals surface area contributed by atoms with Crippen molar-refractivity contribution in [3.05, 3.63) is 87.9 Å². The minimum absolute atomic E-state index is 0.135. The van der Waals surface area contributed by atoms with Crippen LogP contribution in [-0.4, -0.2) is 21.0 Å². The van der Waals surface area contributed by atoms with Crippen LogP contribution in [0.1, 0.15) is 21.8 Å². The van der Waals surface area contributed by atoms with Crippen molar-refractivity contribution in [2.75, 3.05) is 10.6 Å². The normalized spacial score (nSPS) is 10.7. The van der Waals surface area contributed by atoms with E-state index in [0.717, 1.165) is 0 Å². The zero-order valence-corrected chi connectivity index (χ0v) is 18.4. The highest BCUT2D eigenvalue weighted by Gasteiger charge is 2.14. The standard InChI is InChI=1S/C23H18Cl2N4O3/c1-13-11-26-21(22(28-13)29-19-5-3-2-4-16(19)23(30)31)27-12-15-7-9-20(32-15)17-10-14(24)6-8-18(17)25/h2-11H,12H2,1H3,(H,26,27)(H,28,29)(H,30,31). The number of carbonyl (C=O) groups is 1. The number of nitrogens with one attached hydrogen (secondary N) is 2. The van der Waals surface area contributed by atoms with Gasteiger partial charge in [0.1, 0.15) is 11.5 Å². The summed E-state index contributed by atoms with van der Waals surface area (Å²) in [4.78, 5) is 20.4. The van der Waals surface area contributed by atoms with E-state index in [1.165, 1.54) is 6.07 Å². The second-order valence-electron chi connectivity index (χ2n) is 6.93. The Labute approximate surface area is 194 Å². The first kappa shape index (κ1) is 21.7. The molecular formula is C23H18Cl2N4O3. The molecule has 4 rings (SSSR count). The van der Waals surface area contributed by atoms with Crippen molar-refractivity contribution in [1.29, 1.82) is 0 Å². The van der Waals surface area contributed by atoms with E-state index in [1.54, 1.807) is 49.5 Å². The van der Waals surface area contributed by atoms with Crippen LogP contribution in [0.3, 0.4) is 0 Å². The highest BCUT2D eigenvalue weighted by Crippen LogP contribution is 2.32. The summed E-state index contributed by atoms with van der Waals surface area (Å²) in [5.41, 5.74) is 1.93. The number of para-hydroxylation sites is 1. The second kappa shape index (κ2) is 9.30. The van der Waals surface area contributed by atoms with Gasteiger partial charge >= 0.3 is 5.97 Å². The molecule has 2 heterocycles. The average Bonchev–Trinajstić information content (AvgIpc) is 3.24. The number of anilines is 3. The minimum atomic E-state index is -1.04. The first-order chi connectivity index (χ1) is 15.4. The van der Waals surface area contributed by atoms with Crippen LogP contribution in [0, 0.1) is 6.92 Å². The Balaban J connectivity index is 1.55. The molecule has 0 atom stereocenters. The summed E-state index contributed by atoms with van der Waals surface area (Å²) in [6, 6.07) is 15.4. The van der Waals surface area contributed by atoms with E-state index in [0.29, 0.717) is 56.7 Å². The lowest BCUT2D eigenvalue weighted by Gasteiger charge is -2.13. The summed E-state index contributed by atoms with van der Waals surface area (Å²) in [7, 11) is 0. The molecule has 0 amide bonds. The zero-order chi connectivity index (χ0) is 22.7. The van der Waals surface area contributed by atoms with Crippen molar-refractivity contribution >= 4 is 46.5 Å². The maximum absolute atomic E-state index is 11.5. The van der Waals surface area contributed by atoms with Crippen LogP contribution < -0.4 is 10.6 Å². The topological polar surface area (TPSA) is 100 Å². The molecule has 0 unspecified atom stereocenters. The fourth-order valence-electron chi connectivity index (χ4n) is 3.07. The summed E-state index contributed by atoms with van der Waals surface area (Å²) in [5, 5.41) is 16.8. The van der Waals surface area contributed by atoms with Gasteiger partial charge in [0.05, 0.1) is 34.7 Å². The van der Waals surface area contributed by atoms with Gasteiger partial charge in [0.25, 0.3) is 0 Å². The number of halogens is 2. The van der Waals surface area contributed by atoms with Crippen LogP contribution in [0.5, 0.6) is 0 Å². The van der Waals surface area contributed by atoms with E-state index in [9.17, 15) is 9.90 Å².